The van der Waals surface area contributed by atoms with Gasteiger partial charge in [0, 0.05) is 0 Å². The van der Waals surface area contributed by atoms with E-state index in [9.17, 15) is 9.59 Å². The first-order chi connectivity index (χ1) is 6.26. The smallest absolute Gasteiger partial charge is 0.409 e. The van der Waals surface area contributed by atoms with Gasteiger partial charge in [0.1, 0.15) is 5.60 Å². The highest BCUT2D eigenvalue weighted by Crippen LogP contribution is 2.06. The van der Waals surface area contributed by atoms with Crippen LogP contribution in [0.15, 0.2) is 0 Å². The number of alkyl carbamates (subject to hydrolysis) is 1. The van der Waals surface area contributed by atoms with Crippen molar-refractivity contribution in [3.05, 3.63) is 0 Å². The summed E-state index contributed by atoms with van der Waals surface area (Å²) < 4.78 is 9.17. The Morgan fingerprint density at radius 1 is 1.36 bits per heavy atom. The Morgan fingerprint density at radius 3 is 2.21 bits per heavy atom. The monoisotopic (exact) mass is 204 g/mol. The maximum atomic E-state index is 11.1. The Kier molecular flexibility index (Phi) is 4.36. The van der Waals surface area contributed by atoms with Crippen LogP contribution < -0.4 is 11.1 Å². The lowest BCUT2D eigenvalue weighted by atomic mass is 10.2. The van der Waals surface area contributed by atoms with E-state index in [0.29, 0.717) is 0 Å². The highest BCUT2D eigenvalue weighted by molar-refractivity contribution is 5.80. The molecule has 0 radical (unpaired) electrons. The zero-order valence-corrected chi connectivity index (χ0v) is 8.79. The van der Waals surface area contributed by atoms with E-state index in [2.05, 4.69) is 10.1 Å². The molecule has 0 rings (SSSR count). The normalized spacial score (nSPS) is 12.9. The molecular formula is C8H16N2O4. The molecular weight excluding hydrogens is 188 g/mol. The lowest BCUT2D eigenvalue weighted by molar-refractivity contribution is -0.142. The van der Waals surface area contributed by atoms with Crippen LogP contribution in [0, 0.1) is 0 Å². The van der Waals surface area contributed by atoms with Crippen LogP contribution in [0.25, 0.3) is 0 Å². The third-order valence-electron chi connectivity index (χ3n) is 1.13. The fraction of sp³-hybridized carbons (Fsp3) is 0.750. The molecule has 0 aromatic heterocycles. The van der Waals surface area contributed by atoms with E-state index in [0.717, 1.165) is 0 Å². The molecule has 1 atom stereocenters. The molecule has 3 N–H and O–H groups in total. The molecule has 0 spiro atoms. The third-order valence-corrected chi connectivity index (χ3v) is 1.13. The number of ether oxygens (including phenoxy) is 2. The summed E-state index contributed by atoms with van der Waals surface area (Å²) in [7, 11) is 1.18. The van der Waals surface area contributed by atoms with Crippen molar-refractivity contribution in [3.8, 4) is 0 Å². The summed E-state index contributed by atoms with van der Waals surface area (Å²) in [5.41, 5.74) is 4.64. The number of nitrogens with two attached hydrogens (primary N) is 1. The molecule has 6 nitrogen and oxygen atoms in total. The molecule has 14 heavy (non-hydrogen) atoms. The molecule has 0 saturated heterocycles. The molecule has 0 heterocycles. The van der Waals surface area contributed by atoms with E-state index < -0.39 is 23.8 Å². The summed E-state index contributed by atoms with van der Waals surface area (Å²) in [5, 5.41) is 2.13. The Bertz CT molecular complexity index is 222. The minimum Gasteiger partial charge on any atom is -0.466 e. The number of carbonyl (C=O) groups is 2. The number of nitrogens with one attached hydrogen (secondary N) is 1. The molecule has 0 saturated carbocycles. The summed E-state index contributed by atoms with van der Waals surface area (Å²) >= 11 is 0. The van der Waals surface area contributed by atoms with Gasteiger partial charge in [0.2, 0.25) is 0 Å². The van der Waals surface area contributed by atoms with Gasteiger partial charge in [0.25, 0.3) is 0 Å². The zero-order valence-electron chi connectivity index (χ0n) is 8.79. The van der Waals surface area contributed by atoms with E-state index in [4.69, 9.17) is 10.5 Å². The minimum atomic E-state index is -1.20. The van der Waals surface area contributed by atoms with E-state index in [1.165, 1.54) is 7.11 Å². The van der Waals surface area contributed by atoms with Gasteiger partial charge in [-0.1, -0.05) is 0 Å². The molecule has 6 heteroatoms. The van der Waals surface area contributed by atoms with Gasteiger partial charge in [-0.3, -0.25) is 5.32 Å². The van der Waals surface area contributed by atoms with Gasteiger partial charge in [0.15, 0.2) is 6.17 Å². The van der Waals surface area contributed by atoms with Crippen molar-refractivity contribution >= 4 is 12.1 Å². The second kappa shape index (κ2) is 4.80. The first kappa shape index (κ1) is 12.7. The van der Waals surface area contributed by atoms with Crippen LogP contribution in [0.3, 0.4) is 0 Å². The highest BCUT2D eigenvalue weighted by atomic mass is 16.6. The van der Waals surface area contributed by atoms with Crippen LogP contribution in [0.2, 0.25) is 0 Å². The Labute approximate surface area is 82.7 Å². The topological polar surface area (TPSA) is 90.6 Å². The van der Waals surface area contributed by atoms with Crippen LogP contribution in [-0.4, -0.2) is 30.9 Å². The number of hydrogen-bond donors (Lipinski definition) is 2. The first-order valence-electron chi connectivity index (χ1n) is 4.09. The number of amides is 1. The number of carbonyl (C=O) groups excluding carboxylic acids is 2. The zero-order chi connectivity index (χ0) is 11.4. The fourth-order valence-electron chi connectivity index (χ4n) is 0.620. The number of methoxy groups -OCH3 is 1. The highest BCUT2D eigenvalue weighted by Gasteiger charge is 2.21. The maximum absolute atomic E-state index is 11.1. The first-order valence-corrected chi connectivity index (χ1v) is 4.09. The van der Waals surface area contributed by atoms with Crippen LogP contribution >= 0.6 is 0 Å². The second-order valence-electron chi connectivity index (χ2n) is 3.65. The van der Waals surface area contributed by atoms with Crippen molar-refractivity contribution in [2.75, 3.05) is 7.11 Å². The minimum absolute atomic E-state index is 0.625. The third kappa shape index (κ3) is 5.36. The molecule has 0 aromatic rings. The van der Waals surface area contributed by atoms with Crippen molar-refractivity contribution in [1.29, 1.82) is 0 Å². The molecule has 0 fully saturated rings. The SMILES string of the molecule is COC(=O)C(N)NC(=O)OC(C)(C)C. The van der Waals surface area contributed by atoms with Crippen LogP contribution in [0.1, 0.15) is 20.8 Å². The van der Waals surface area contributed by atoms with E-state index in [1.54, 1.807) is 20.8 Å². The maximum Gasteiger partial charge on any atom is 0.409 e. The summed E-state index contributed by atoms with van der Waals surface area (Å²) in [6.45, 7) is 5.11. The van der Waals surface area contributed by atoms with Crippen LogP contribution in [0.4, 0.5) is 4.79 Å². The number of esters is 1. The van der Waals surface area contributed by atoms with Gasteiger partial charge < -0.3 is 15.2 Å². The number of rotatable bonds is 2. The standard InChI is InChI=1S/C8H16N2O4/c1-8(2,3)14-7(12)10-5(9)6(11)13-4/h5H,9H2,1-4H3,(H,10,12). The van der Waals surface area contributed by atoms with Crippen LogP contribution in [-0.2, 0) is 14.3 Å². The van der Waals surface area contributed by atoms with Crippen molar-refractivity contribution < 1.29 is 19.1 Å². The van der Waals surface area contributed by atoms with Gasteiger partial charge in [-0.05, 0) is 20.8 Å². The molecule has 0 bridgehead atoms. The van der Waals surface area contributed by atoms with Gasteiger partial charge in [-0.15, -0.1) is 0 Å². The van der Waals surface area contributed by atoms with Crippen LogP contribution in [0.5, 0.6) is 0 Å². The second-order valence-corrected chi connectivity index (χ2v) is 3.65. The fourth-order valence-corrected chi connectivity index (χ4v) is 0.620. The summed E-state index contributed by atoms with van der Waals surface area (Å²) in [5.74, 6) is -0.726. The Balaban J connectivity index is 4.01. The molecule has 0 aromatic carbocycles. The molecule has 0 aliphatic rings. The van der Waals surface area contributed by atoms with E-state index >= 15 is 0 Å². The van der Waals surface area contributed by atoms with Gasteiger partial charge in [0.05, 0.1) is 7.11 Å². The quantitative estimate of drug-likeness (QED) is 0.487. The lowest BCUT2D eigenvalue weighted by Gasteiger charge is -2.20. The van der Waals surface area contributed by atoms with Crippen molar-refractivity contribution in [3.63, 3.8) is 0 Å². The Hall–Kier alpha value is -1.30. The van der Waals surface area contributed by atoms with Crippen molar-refractivity contribution in [1.82, 2.24) is 5.32 Å². The predicted molar refractivity (Wildman–Crippen MR) is 49.4 cm³/mol. The van der Waals surface area contributed by atoms with Gasteiger partial charge in [-0.25, -0.2) is 9.59 Å². The molecule has 1 unspecified atom stereocenters. The lowest BCUT2D eigenvalue weighted by Crippen LogP contribution is -2.49. The molecule has 82 valence electrons. The predicted octanol–water partition coefficient (Wildman–Crippen LogP) is -0.0311. The average molecular weight is 204 g/mol. The summed E-state index contributed by atoms with van der Waals surface area (Å²) in [6, 6.07) is 0. The molecule has 0 aliphatic carbocycles. The van der Waals surface area contributed by atoms with E-state index in [-0.39, 0.29) is 0 Å². The Morgan fingerprint density at radius 2 is 1.86 bits per heavy atom. The van der Waals surface area contributed by atoms with Crippen molar-refractivity contribution in [2.24, 2.45) is 5.73 Å². The van der Waals surface area contributed by atoms with Crippen molar-refractivity contribution in [2.45, 2.75) is 32.5 Å². The summed E-state index contributed by atoms with van der Waals surface area (Å²) in [6.07, 6.45) is -1.95. The summed E-state index contributed by atoms with van der Waals surface area (Å²) in [4.78, 5) is 21.9. The van der Waals surface area contributed by atoms with Gasteiger partial charge >= 0.3 is 12.1 Å². The number of hydrogen-bond acceptors (Lipinski definition) is 5. The average Bonchev–Trinajstić information content (AvgIpc) is 1.99. The van der Waals surface area contributed by atoms with E-state index in [1.807, 2.05) is 0 Å². The largest absolute Gasteiger partial charge is 0.466 e. The van der Waals surface area contributed by atoms with Gasteiger partial charge in [-0.2, -0.15) is 0 Å². The molecule has 1 amide bonds. The molecule has 0 aliphatic heterocycles.